The average molecular weight is 397 g/mol. The lowest BCUT2D eigenvalue weighted by Gasteiger charge is -2.08. The zero-order valence-electron chi connectivity index (χ0n) is 15.4. The van der Waals surface area contributed by atoms with Gasteiger partial charge in [-0.05, 0) is 41.9 Å². The smallest absolute Gasteiger partial charge is 0.278 e. The van der Waals surface area contributed by atoms with E-state index < -0.39 is 4.92 Å². The molecule has 0 fully saturated rings. The summed E-state index contributed by atoms with van der Waals surface area (Å²) in [6, 6.07) is 14.2. The predicted molar refractivity (Wildman–Crippen MR) is 108 cm³/mol. The van der Waals surface area contributed by atoms with Crippen molar-refractivity contribution < 1.29 is 9.66 Å². The third kappa shape index (κ3) is 4.49. The van der Waals surface area contributed by atoms with Crippen molar-refractivity contribution in [3.8, 4) is 5.75 Å². The molecule has 0 saturated heterocycles. The molecule has 0 aliphatic carbocycles. The molecule has 1 N–H and O–H groups in total. The number of ether oxygens (including phenoxy) is 1. The van der Waals surface area contributed by atoms with E-state index in [1.54, 1.807) is 18.2 Å². The van der Waals surface area contributed by atoms with E-state index in [0.717, 1.165) is 0 Å². The van der Waals surface area contributed by atoms with Gasteiger partial charge in [0, 0.05) is 6.07 Å². The van der Waals surface area contributed by atoms with Gasteiger partial charge in [-0.15, -0.1) is 0 Å². The van der Waals surface area contributed by atoms with Crippen LogP contribution in [0.25, 0.3) is 0 Å². The van der Waals surface area contributed by atoms with E-state index in [2.05, 4.69) is 29.1 Å². The fourth-order valence-corrected chi connectivity index (χ4v) is 2.71. The molecule has 28 heavy (non-hydrogen) atoms. The summed E-state index contributed by atoms with van der Waals surface area (Å²) >= 11 is 5.19. The van der Waals surface area contributed by atoms with Crippen LogP contribution in [0.2, 0.25) is 0 Å². The molecule has 0 spiro atoms. The van der Waals surface area contributed by atoms with Crippen molar-refractivity contribution in [3.63, 3.8) is 0 Å². The van der Waals surface area contributed by atoms with Crippen LogP contribution < -0.4 is 4.74 Å². The van der Waals surface area contributed by atoms with Crippen LogP contribution in [0.4, 0.5) is 5.69 Å². The molecule has 2 aromatic carbocycles. The van der Waals surface area contributed by atoms with Crippen LogP contribution in [-0.2, 0) is 6.61 Å². The lowest BCUT2D eigenvalue weighted by molar-refractivity contribution is -0.385. The van der Waals surface area contributed by atoms with Gasteiger partial charge < -0.3 is 4.74 Å². The van der Waals surface area contributed by atoms with Gasteiger partial charge in [-0.25, -0.2) is 5.10 Å². The van der Waals surface area contributed by atoms with Gasteiger partial charge in [-0.1, -0.05) is 38.1 Å². The molecular formula is C19H19N5O3S. The molecule has 0 amide bonds. The summed E-state index contributed by atoms with van der Waals surface area (Å²) in [7, 11) is 0. The number of hydrogen-bond acceptors (Lipinski definition) is 6. The summed E-state index contributed by atoms with van der Waals surface area (Å²) in [4.78, 5) is 10.7. The van der Waals surface area contributed by atoms with E-state index in [4.69, 9.17) is 17.0 Å². The Bertz CT molecular complexity index is 1050. The average Bonchev–Trinajstić information content (AvgIpc) is 3.04. The van der Waals surface area contributed by atoms with Gasteiger partial charge in [0.25, 0.3) is 5.69 Å². The standard InChI is InChI=1S/C19H19N5O3S/c1-13(2)14-7-9-16(10-8-14)27-12-18-21-22-19(28)23(18)20-11-15-5-3-4-6-17(15)24(25)26/h3-11,13H,12H2,1-2H3,(H,22,28)/b20-11-. The Hall–Kier alpha value is -3.33. The highest BCUT2D eigenvalue weighted by atomic mass is 32.1. The molecule has 0 saturated carbocycles. The highest BCUT2D eigenvalue weighted by Gasteiger charge is 2.11. The predicted octanol–water partition coefficient (Wildman–Crippen LogP) is 4.43. The number of nitrogens with zero attached hydrogens (tertiary/aromatic N) is 4. The molecule has 1 heterocycles. The molecule has 3 aromatic rings. The summed E-state index contributed by atoms with van der Waals surface area (Å²) < 4.78 is 7.41. The number of hydrogen-bond donors (Lipinski definition) is 1. The SMILES string of the molecule is CC(C)c1ccc(OCc2n[nH]c(=S)n2/N=C\c2ccccc2[N+](=O)[O-])cc1. The van der Waals surface area contributed by atoms with Gasteiger partial charge >= 0.3 is 0 Å². The Morgan fingerprint density at radius 3 is 2.68 bits per heavy atom. The second kappa shape index (κ2) is 8.57. The second-order valence-corrected chi connectivity index (χ2v) is 6.72. The first-order valence-corrected chi connectivity index (χ1v) is 9.03. The number of para-hydroxylation sites is 1. The molecule has 3 rings (SSSR count). The molecule has 144 valence electrons. The van der Waals surface area contributed by atoms with E-state index in [9.17, 15) is 10.1 Å². The molecule has 0 radical (unpaired) electrons. The molecule has 0 unspecified atom stereocenters. The van der Waals surface area contributed by atoms with Crippen molar-refractivity contribution in [3.05, 3.63) is 80.4 Å². The summed E-state index contributed by atoms with van der Waals surface area (Å²) in [6.07, 6.45) is 1.38. The van der Waals surface area contributed by atoms with Gasteiger partial charge in [-0.3, -0.25) is 10.1 Å². The monoisotopic (exact) mass is 397 g/mol. The van der Waals surface area contributed by atoms with Crippen molar-refractivity contribution in [2.75, 3.05) is 0 Å². The Balaban J connectivity index is 1.77. The first kappa shape index (κ1) is 19.4. The number of aromatic amines is 1. The first-order chi connectivity index (χ1) is 13.5. The third-order valence-electron chi connectivity index (χ3n) is 4.08. The minimum absolute atomic E-state index is 0.0377. The van der Waals surface area contributed by atoms with Gasteiger partial charge in [0.2, 0.25) is 4.77 Å². The van der Waals surface area contributed by atoms with Crippen LogP contribution in [0.15, 0.2) is 53.6 Å². The van der Waals surface area contributed by atoms with Gasteiger partial charge in [0.15, 0.2) is 5.82 Å². The highest BCUT2D eigenvalue weighted by molar-refractivity contribution is 7.71. The van der Waals surface area contributed by atoms with E-state index >= 15 is 0 Å². The maximum absolute atomic E-state index is 11.1. The molecule has 1 aromatic heterocycles. The van der Waals surface area contributed by atoms with Crippen LogP contribution in [-0.4, -0.2) is 26.0 Å². The largest absolute Gasteiger partial charge is 0.486 e. The van der Waals surface area contributed by atoms with E-state index in [1.807, 2.05) is 24.3 Å². The molecule has 0 aliphatic rings. The van der Waals surface area contributed by atoms with Crippen LogP contribution in [0.1, 0.15) is 36.7 Å². The van der Waals surface area contributed by atoms with Crippen molar-refractivity contribution in [2.45, 2.75) is 26.4 Å². The Kier molecular flexibility index (Phi) is 5.95. The molecular weight excluding hydrogens is 378 g/mol. The number of rotatable bonds is 7. The quantitative estimate of drug-likeness (QED) is 0.275. The maximum Gasteiger partial charge on any atom is 0.278 e. The molecule has 0 bridgehead atoms. The van der Waals surface area contributed by atoms with Gasteiger partial charge in [0.05, 0.1) is 16.7 Å². The summed E-state index contributed by atoms with van der Waals surface area (Å²) in [5.41, 5.74) is 1.56. The highest BCUT2D eigenvalue weighted by Crippen LogP contribution is 2.19. The lowest BCUT2D eigenvalue weighted by Crippen LogP contribution is -2.04. The van der Waals surface area contributed by atoms with E-state index in [-0.39, 0.29) is 17.1 Å². The molecule has 8 nitrogen and oxygen atoms in total. The van der Waals surface area contributed by atoms with Crippen molar-refractivity contribution >= 4 is 24.1 Å². The fraction of sp³-hybridized carbons (Fsp3) is 0.211. The Morgan fingerprint density at radius 2 is 2.00 bits per heavy atom. The number of benzene rings is 2. The van der Waals surface area contributed by atoms with Crippen molar-refractivity contribution in [2.24, 2.45) is 5.10 Å². The summed E-state index contributed by atoms with van der Waals surface area (Å²) in [5, 5.41) is 22.1. The second-order valence-electron chi connectivity index (χ2n) is 6.33. The maximum atomic E-state index is 11.1. The minimum Gasteiger partial charge on any atom is -0.486 e. The number of nitrogens with one attached hydrogen (secondary N) is 1. The van der Waals surface area contributed by atoms with Crippen LogP contribution in [0, 0.1) is 14.9 Å². The van der Waals surface area contributed by atoms with Crippen LogP contribution in [0.3, 0.4) is 0 Å². The molecule has 9 heteroatoms. The zero-order valence-corrected chi connectivity index (χ0v) is 16.2. The number of nitro groups is 1. The Labute approximate surface area is 166 Å². The van der Waals surface area contributed by atoms with Crippen molar-refractivity contribution in [1.29, 1.82) is 0 Å². The van der Waals surface area contributed by atoms with E-state index in [1.165, 1.54) is 22.5 Å². The molecule has 0 aliphatic heterocycles. The third-order valence-corrected chi connectivity index (χ3v) is 4.34. The summed E-state index contributed by atoms with van der Waals surface area (Å²) in [5.74, 6) is 1.60. The van der Waals surface area contributed by atoms with Gasteiger partial charge in [0.1, 0.15) is 12.4 Å². The van der Waals surface area contributed by atoms with E-state index in [0.29, 0.717) is 23.1 Å². The topological polar surface area (TPSA) is 98.3 Å². The van der Waals surface area contributed by atoms with Crippen LogP contribution >= 0.6 is 12.2 Å². The van der Waals surface area contributed by atoms with Crippen molar-refractivity contribution in [1.82, 2.24) is 14.9 Å². The molecule has 0 atom stereocenters. The zero-order chi connectivity index (χ0) is 20.1. The first-order valence-electron chi connectivity index (χ1n) is 8.62. The van der Waals surface area contributed by atoms with Crippen LogP contribution in [0.5, 0.6) is 5.75 Å². The fourth-order valence-electron chi connectivity index (χ4n) is 2.52. The number of H-pyrrole nitrogens is 1. The minimum atomic E-state index is -0.458. The normalized spacial score (nSPS) is 11.2. The summed E-state index contributed by atoms with van der Waals surface area (Å²) in [6.45, 7) is 4.40. The lowest BCUT2D eigenvalue weighted by atomic mass is 10.0. The number of aromatic nitrogens is 3. The van der Waals surface area contributed by atoms with Gasteiger partial charge in [-0.2, -0.15) is 14.9 Å². The Morgan fingerprint density at radius 1 is 1.29 bits per heavy atom. The number of nitro benzene ring substituents is 1.